The van der Waals surface area contributed by atoms with E-state index in [0.29, 0.717) is 33.4 Å². The van der Waals surface area contributed by atoms with E-state index in [9.17, 15) is 19.2 Å². The largest absolute Gasteiger partial charge is 0.465 e. The Hall–Kier alpha value is -5.12. The molecule has 3 rings (SSSR count). The van der Waals surface area contributed by atoms with Crippen LogP contribution in [0.3, 0.4) is 0 Å². The van der Waals surface area contributed by atoms with Crippen LogP contribution < -0.4 is 10.9 Å². The second-order valence-electron chi connectivity index (χ2n) is 7.20. The fourth-order valence-electron chi connectivity index (χ4n) is 2.88. The molecule has 10 nitrogen and oxygen atoms in total. The Labute approximate surface area is 206 Å². The summed E-state index contributed by atoms with van der Waals surface area (Å²) >= 11 is 0. The molecule has 10 heteroatoms. The number of hydrogen-bond acceptors (Lipinski definition) is 8. The molecular weight excluding hydrogens is 464 g/mol. The van der Waals surface area contributed by atoms with Crippen molar-refractivity contribution in [3.63, 3.8) is 0 Å². The first kappa shape index (κ1) is 25.5. The number of esters is 2. The predicted molar refractivity (Wildman–Crippen MR) is 132 cm³/mol. The minimum atomic E-state index is -0.460. The van der Waals surface area contributed by atoms with Gasteiger partial charge in [-0.3, -0.25) is 9.59 Å². The van der Waals surface area contributed by atoms with E-state index in [4.69, 9.17) is 0 Å². The van der Waals surface area contributed by atoms with Crippen molar-refractivity contribution in [1.29, 1.82) is 0 Å². The van der Waals surface area contributed by atoms with Crippen molar-refractivity contribution in [2.45, 2.75) is 0 Å². The minimum Gasteiger partial charge on any atom is -0.465 e. The zero-order valence-corrected chi connectivity index (χ0v) is 19.4. The smallest absolute Gasteiger partial charge is 0.337 e. The van der Waals surface area contributed by atoms with Crippen LogP contribution in [0.2, 0.25) is 0 Å². The van der Waals surface area contributed by atoms with Gasteiger partial charge in [0.1, 0.15) is 0 Å². The molecule has 0 aliphatic heterocycles. The van der Waals surface area contributed by atoms with Crippen LogP contribution in [0.1, 0.15) is 52.6 Å². The van der Waals surface area contributed by atoms with Gasteiger partial charge in [-0.25, -0.2) is 20.4 Å². The van der Waals surface area contributed by atoms with E-state index in [2.05, 4.69) is 30.5 Å². The summed E-state index contributed by atoms with van der Waals surface area (Å²) in [6.45, 7) is 0. The number of methoxy groups -OCH3 is 2. The molecule has 0 radical (unpaired) electrons. The van der Waals surface area contributed by atoms with Crippen LogP contribution in [-0.2, 0) is 9.47 Å². The Balaban J connectivity index is 1.50. The van der Waals surface area contributed by atoms with Crippen molar-refractivity contribution in [2.75, 3.05) is 14.2 Å². The Kier molecular flexibility index (Phi) is 8.76. The summed E-state index contributed by atoms with van der Waals surface area (Å²) < 4.78 is 9.28. The third kappa shape index (κ3) is 6.94. The van der Waals surface area contributed by atoms with Gasteiger partial charge in [0.15, 0.2) is 0 Å². The lowest BCUT2D eigenvalue weighted by molar-refractivity contribution is 0.0592. The number of carbonyl (C=O) groups is 4. The topological polar surface area (TPSA) is 136 Å². The lowest BCUT2D eigenvalue weighted by Crippen LogP contribution is -2.19. The van der Waals surface area contributed by atoms with Gasteiger partial charge in [0.2, 0.25) is 0 Å². The van der Waals surface area contributed by atoms with Gasteiger partial charge in [0.25, 0.3) is 11.8 Å². The van der Waals surface area contributed by atoms with Gasteiger partial charge < -0.3 is 9.47 Å². The van der Waals surface area contributed by atoms with Gasteiger partial charge in [-0.15, -0.1) is 0 Å². The van der Waals surface area contributed by atoms with Gasteiger partial charge >= 0.3 is 11.9 Å². The quantitative estimate of drug-likeness (QED) is 0.286. The van der Waals surface area contributed by atoms with E-state index in [1.54, 1.807) is 48.5 Å². The van der Waals surface area contributed by atoms with Gasteiger partial charge in [-0.1, -0.05) is 24.3 Å². The predicted octanol–water partition coefficient (Wildman–Crippen LogP) is 2.79. The van der Waals surface area contributed by atoms with Crippen LogP contribution in [0.25, 0.3) is 0 Å². The maximum Gasteiger partial charge on any atom is 0.337 e. The van der Waals surface area contributed by atoms with E-state index in [-0.39, 0.29) is 0 Å². The summed E-state index contributed by atoms with van der Waals surface area (Å²) in [5, 5.41) is 7.79. The highest BCUT2D eigenvalue weighted by molar-refractivity contribution is 5.98. The van der Waals surface area contributed by atoms with Crippen LogP contribution in [-0.4, -0.2) is 50.4 Å². The number of carbonyl (C=O) groups excluding carboxylic acids is 4. The lowest BCUT2D eigenvalue weighted by atomic mass is 10.1. The highest BCUT2D eigenvalue weighted by Gasteiger charge is 2.09. The second kappa shape index (κ2) is 12.4. The molecule has 3 aromatic rings. The van der Waals surface area contributed by atoms with E-state index >= 15 is 0 Å². The number of ether oxygens (including phenoxy) is 2. The SMILES string of the molecule is COC(=O)c1ccc(C=NNC(=O)c2ccc(C(=O)NN=Cc3ccc(C(=O)OC)cc3)cc2)cc1. The van der Waals surface area contributed by atoms with Gasteiger partial charge in [0.05, 0.1) is 37.8 Å². The first-order chi connectivity index (χ1) is 17.4. The molecule has 182 valence electrons. The Bertz CT molecular complexity index is 1200. The molecule has 0 bridgehead atoms. The number of amides is 2. The fraction of sp³-hybridized carbons (Fsp3) is 0.0769. The number of nitrogens with zero attached hydrogens (tertiary/aromatic N) is 2. The van der Waals surface area contributed by atoms with E-state index in [1.165, 1.54) is 50.9 Å². The van der Waals surface area contributed by atoms with Crippen molar-refractivity contribution in [2.24, 2.45) is 10.2 Å². The molecule has 0 saturated carbocycles. The molecule has 0 unspecified atom stereocenters. The molecule has 0 aliphatic carbocycles. The van der Waals surface area contributed by atoms with E-state index in [0.717, 1.165) is 0 Å². The molecule has 0 fully saturated rings. The average molecular weight is 486 g/mol. The standard InChI is InChI=1S/C26H22N4O6/c1-35-25(33)21-7-3-17(4-8-21)15-27-29-23(31)19-11-13-20(14-12-19)24(32)30-28-16-18-5-9-22(10-6-18)26(34)36-2/h3-16H,1-2H3,(H,29,31)(H,30,32). The molecule has 0 aromatic heterocycles. The second-order valence-corrected chi connectivity index (χ2v) is 7.20. The fourth-order valence-corrected chi connectivity index (χ4v) is 2.88. The van der Waals surface area contributed by atoms with Crippen molar-refractivity contribution >= 4 is 36.2 Å². The maximum atomic E-state index is 12.3. The molecule has 2 N–H and O–H groups in total. The van der Waals surface area contributed by atoms with Crippen molar-refractivity contribution in [1.82, 2.24) is 10.9 Å². The number of hydrogen-bond donors (Lipinski definition) is 2. The Morgan fingerprint density at radius 3 is 1.17 bits per heavy atom. The van der Waals surface area contributed by atoms with Crippen LogP contribution in [0.5, 0.6) is 0 Å². The Morgan fingerprint density at radius 2 is 0.861 bits per heavy atom. The molecule has 0 saturated heterocycles. The summed E-state index contributed by atoms with van der Waals surface area (Å²) in [5.74, 6) is -1.81. The van der Waals surface area contributed by atoms with Gasteiger partial charge in [-0.2, -0.15) is 10.2 Å². The average Bonchev–Trinajstić information content (AvgIpc) is 2.92. The number of hydrazone groups is 2. The number of nitrogens with one attached hydrogen (secondary N) is 2. The zero-order valence-electron chi connectivity index (χ0n) is 19.4. The van der Waals surface area contributed by atoms with Crippen LogP contribution in [0.4, 0.5) is 0 Å². The van der Waals surface area contributed by atoms with Crippen LogP contribution in [0.15, 0.2) is 83.0 Å². The van der Waals surface area contributed by atoms with Crippen LogP contribution in [0, 0.1) is 0 Å². The molecule has 0 atom stereocenters. The molecule has 3 aromatic carbocycles. The van der Waals surface area contributed by atoms with Crippen molar-refractivity contribution in [3.8, 4) is 0 Å². The van der Waals surface area contributed by atoms with E-state index in [1.807, 2.05) is 0 Å². The van der Waals surface area contributed by atoms with Crippen molar-refractivity contribution < 1.29 is 28.7 Å². The molecule has 0 aliphatic rings. The summed E-state index contributed by atoms with van der Waals surface area (Å²) in [7, 11) is 2.60. The van der Waals surface area contributed by atoms with Crippen molar-refractivity contribution in [3.05, 3.63) is 106 Å². The first-order valence-corrected chi connectivity index (χ1v) is 10.5. The molecule has 0 heterocycles. The highest BCUT2D eigenvalue weighted by Crippen LogP contribution is 2.07. The third-order valence-corrected chi connectivity index (χ3v) is 4.83. The van der Waals surface area contributed by atoms with E-state index < -0.39 is 23.8 Å². The molecule has 0 spiro atoms. The summed E-state index contributed by atoms with van der Waals surface area (Å²) in [6, 6.07) is 18.9. The summed E-state index contributed by atoms with van der Waals surface area (Å²) in [4.78, 5) is 47.4. The molecular formula is C26H22N4O6. The third-order valence-electron chi connectivity index (χ3n) is 4.83. The number of rotatable bonds is 8. The normalized spacial score (nSPS) is 10.7. The number of benzene rings is 3. The summed E-state index contributed by atoms with van der Waals surface area (Å²) in [5.41, 5.74) is 7.57. The van der Waals surface area contributed by atoms with Crippen LogP contribution >= 0.6 is 0 Å². The van der Waals surface area contributed by atoms with Gasteiger partial charge in [-0.05, 0) is 59.7 Å². The highest BCUT2D eigenvalue weighted by atomic mass is 16.5. The molecule has 36 heavy (non-hydrogen) atoms. The maximum absolute atomic E-state index is 12.3. The molecule has 2 amide bonds. The minimum absolute atomic E-state index is 0.305. The summed E-state index contributed by atoms with van der Waals surface area (Å²) in [6.07, 6.45) is 2.86. The monoisotopic (exact) mass is 486 g/mol. The lowest BCUT2D eigenvalue weighted by Gasteiger charge is -2.03. The first-order valence-electron chi connectivity index (χ1n) is 10.5. The zero-order chi connectivity index (χ0) is 25.9. The van der Waals surface area contributed by atoms with Gasteiger partial charge in [0, 0.05) is 11.1 Å². The Morgan fingerprint density at radius 1 is 0.556 bits per heavy atom.